The molecule has 0 bridgehead atoms. The SMILES string of the molecule is c1nc(COC[C@@H]2CCCCN2)co1. The molecule has 1 saturated heterocycles. The molecular weight excluding hydrogens is 180 g/mol. The van der Waals surface area contributed by atoms with E-state index >= 15 is 0 Å². The van der Waals surface area contributed by atoms with Crippen molar-refractivity contribution in [2.75, 3.05) is 13.2 Å². The summed E-state index contributed by atoms with van der Waals surface area (Å²) >= 11 is 0. The smallest absolute Gasteiger partial charge is 0.180 e. The van der Waals surface area contributed by atoms with E-state index < -0.39 is 0 Å². The fraction of sp³-hybridized carbons (Fsp3) is 0.700. The van der Waals surface area contributed by atoms with Crippen molar-refractivity contribution in [1.29, 1.82) is 0 Å². The molecule has 0 saturated carbocycles. The second-order valence-corrected chi connectivity index (χ2v) is 3.64. The summed E-state index contributed by atoms with van der Waals surface area (Å²) in [6.07, 6.45) is 6.87. The lowest BCUT2D eigenvalue weighted by Gasteiger charge is -2.22. The first-order chi connectivity index (χ1) is 6.95. The molecule has 0 unspecified atom stereocenters. The zero-order valence-corrected chi connectivity index (χ0v) is 8.24. The van der Waals surface area contributed by atoms with Crippen LogP contribution in [0.15, 0.2) is 17.1 Å². The van der Waals surface area contributed by atoms with Gasteiger partial charge in [-0.3, -0.25) is 0 Å². The molecule has 1 aromatic heterocycles. The lowest BCUT2D eigenvalue weighted by atomic mass is 10.1. The maximum Gasteiger partial charge on any atom is 0.180 e. The molecule has 78 valence electrons. The van der Waals surface area contributed by atoms with Gasteiger partial charge in [0.05, 0.1) is 13.2 Å². The number of nitrogens with zero attached hydrogens (tertiary/aromatic N) is 1. The summed E-state index contributed by atoms with van der Waals surface area (Å²) in [7, 11) is 0. The van der Waals surface area contributed by atoms with Crippen LogP contribution in [0.2, 0.25) is 0 Å². The van der Waals surface area contributed by atoms with E-state index in [0.29, 0.717) is 12.6 Å². The topological polar surface area (TPSA) is 47.3 Å². The fourth-order valence-electron chi connectivity index (χ4n) is 1.68. The van der Waals surface area contributed by atoms with Gasteiger partial charge in [-0.2, -0.15) is 0 Å². The highest BCUT2D eigenvalue weighted by Gasteiger charge is 2.12. The van der Waals surface area contributed by atoms with Crippen LogP contribution in [0.3, 0.4) is 0 Å². The van der Waals surface area contributed by atoms with Gasteiger partial charge in [-0.25, -0.2) is 4.98 Å². The Balaban J connectivity index is 1.62. The Morgan fingerprint density at radius 2 is 2.57 bits per heavy atom. The Morgan fingerprint density at radius 3 is 3.29 bits per heavy atom. The van der Waals surface area contributed by atoms with Gasteiger partial charge >= 0.3 is 0 Å². The van der Waals surface area contributed by atoms with Crippen molar-refractivity contribution in [1.82, 2.24) is 10.3 Å². The zero-order chi connectivity index (χ0) is 9.64. The molecular formula is C10H16N2O2. The summed E-state index contributed by atoms with van der Waals surface area (Å²) in [6, 6.07) is 0.524. The molecule has 0 radical (unpaired) electrons. The minimum atomic E-state index is 0.524. The van der Waals surface area contributed by atoms with Crippen molar-refractivity contribution in [3.05, 3.63) is 18.4 Å². The van der Waals surface area contributed by atoms with Crippen LogP contribution in [0.5, 0.6) is 0 Å². The molecule has 0 aromatic carbocycles. The molecule has 1 aromatic rings. The molecule has 0 spiro atoms. The standard InChI is InChI=1S/C10H16N2O2/c1-2-4-11-9(3-1)5-13-6-10-7-14-8-12-10/h7-9,11H,1-6H2/t9-/m0/s1. The quantitative estimate of drug-likeness (QED) is 0.789. The lowest BCUT2D eigenvalue weighted by Crippen LogP contribution is -2.37. The minimum absolute atomic E-state index is 0.524. The highest BCUT2D eigenvalue weighted by atomic mass is 16.5. The number of hydrogen-bond acceptors (Lipinski definition) is 4. The molecule has 0 amide bonds. The highest BCUT2D eigenvalue weighted by Crippen LogP contribution is 2.07. The van der Waals surface area contributed by atoms with Crippen molar-refractivity contribution in [2.45, 2.75) is 31.9 Å². The van der Waals surface area contributed by atoms with E-state index in [0.717, 1.165) is 18.8 Å². The van der Waals surface area contributed by atoms with Gasteiger partial charge in [-0.1, -0.05) is 6.42 Å². The van der Waals surface area contributed by atoms with Crippen molar-refractivity contribution < 1.29 is 9.15 Å². The van der Waals surface area contributed by atoms with E-state index in [1.54, 1.807) is 6.26 Å². The Kier molecular flexibility index (Phi) is 3.54. The molecule has 1 fully saturated rings. The van der Waals surface area contributed by atoms with Gasteiger partial charge in [0.1, 0.15) is 12.0 Å². The molecule has 2 rings (SSSR count). The fourth-order valence-corrected chi connectivity index (χ4v) is 1.68. The van der Waals surface area contributed by atoms with Crippen LogP contribution in [-0.4, -0.2) is 24.2 Å². The molecule has 1 atom stereocenters. The van der Waals surface area contributed by atoms with Crippen LogP contribution < -0.4 is 5.32 Å². The Hall–Kier alpha value is -0.870. The van der Waals surface area contributed by atoms with Gasteiger partial charge in [0.15, 0.2) is 6.39 Å². The Bertz CT molecular complexity index is 243. The number of aromatic nitrogens is 1. The first-order valence-electron chi connectivity index (χ1n) is 5.13. The molecule has 1 aliphatic rings. The van der Waals surface area contributed by atoms with E-state index in [1.165, 1.54) is 25.7 Å². The number of nitrogens with one attached hydrogen (secondary N) is 1. The van der Waals surface area contributed by atoms with Crippen molar-refractivity contribution >= 4 is 0 Å². The third-order valence-corrected chi connectivity index (χ3v) is 2.46. The molecule has 0 aliphatic carbocycles. The van der Waals surface area contributed by atoms with Crippen LogP contribution in [0.1, 0.15) is 25.0 Å². The summed E-state index contributed by atoms with van der Waals surface area (Å²) in [5, 5.41) is 3.43. The summed E-state index contributed by atoms with van der Waals surface area (Å²) in [5.41, 5.74) is 0.862. The highest BCUT2D eigenvalue weighted by molar-refractivity contribution is 4.87. The van der Waals surface area contributed by atoms with Gasteiger partial charge in [0, 0.05) is 6.04 Å². The summed E-state index contributed by atoms with van der Waals surface area (Å²) in [5.74, 6) is 0. The molecule has 1 aliphatic heterocycles. The van der Waals surface area contributed by atoms with Crippen molar-refractivity contribution in [3.8, 4) is 0 Å². The summed E-state index contributed by atoms with van der Waals surface area (Å²) < 4.78 is 10.4. The van der Waals surface area contributed by atoms with E-state index in [-0.39, 0.29) is 0 Å². The van der Waals surface area contributed by atoms with E-state index in [9.17, 15) is 0 Å². The largest absolute Gasteiger partial charge is 0.451 e. The monoisotopic (exact) mass is 196 g/mol. The van der Waals surface area contributed by atoms with Crippen LogP contribution in [-0.2, 0) is 11.3 Å². The predicted molar refractivity (Wildman–Crippen MR) is 51.8 cm³/mol. The number of piperidine rings is 1. The van der Waals surface area contributed by atoms with Crippen LogP contribution in [0.4, 0.5) is 0 Å². The lowest BCUT2D eigenvalue weighted by molar-refractivity contribution is 0.0890. The Labute approximate surface area is 83.7 Å². The predicted octanol–water partition coefficient (Wildman–Crippen LogP) is 1.33. The van der Waals surface area contributed by atoms with Crippen LogP contribution >= 0.6 is 0 Å². The maximum absolute atomic E-state index is 5.53. The van der Waals surface area contributed by atoms with Crippen molar-refractivity contribution in [3.63, 3.8) is 0 Å². The van der Waals surface area contributed by atoms with Gasteiger partial charge in [0.2, 0.25) is 0 Å². The zero-order valence-electron chi connectivity index (χ0n) is 8.24. The first kappa shape index (κ1) is 9.68. The van der Waals surface area contributed by atoms with E-state index in [4.69, 9.17) is 9.15 Å². The number of oxazole rings is 1. The van der Waals surface area contributed by atoms with Gasteiger partial charge in [-0.05, 0) is 19.4 Å². The molecule has 4 heteroatoms. The second kappa shape index (κ2) is 5.12. The van der Waals surface area contributed by atoms with Crippen LogP contribution in [0.25, 0.3) is 0 Å². The molecule has 4 nitrogen and oxygen atoms in total. The normalized spacial score (nSPS) is 22.4. The Morgan fingerprint density at radius 1 is 1.57 bits per heavy atom. The van der Waals surface area contributed by atoms with Crippen molar-refractivity contribution in [2.24, 2.45) is 0 Å². The average Bonchev–Trinajstić information content (AvgIpc) is 2.72. The van der Waals surface area contributed by atoms with Crippen LogP contribution in [0, 0.1) is 0 Å². The minimum Gasteiger partial charge on any atom is -0.451 e. The van der Waals surface area contributed by atoms with E-state index in [1.807, 2.05) is 0 Å². The third kappa shape index (κ3) is 2.82. The first-order valence-corrected chi connectivity index (χ1v) is 5.13. The van der Waals surface area contributed by atoms with E-state index in [2.05, 4.69) is 10.3 Å². The second-order valence-electron chi connectivity index (χ2n) is 3.64. The van der Waals surface area contributed by atoms with Gasteiger partial charge < -0.3 is 14.5 Å². The summed E-state index contributed by atoms with van der Waals surface area (Å²) in [4.78, 5) is 3.99. The molecule has 2 heterocycles. The average molecular weight is 196 g/mol. The number of ether oxygens (including phenoxy) is 1. The third-order valence-electron chi connectivity index (χ3n) is 2.46. The number of rotatable bonds is 4. The summed E-state index contributed by atoms with van der Waals surface area (Å²) in [6.45, 7) is 2.44. The van der Waals surface area contributed by atoms with Gasteiger partial charge in [-0.15, -0.1) is 0 Å². The molecule has 14 heavy (non-hydrogen) atoms. The molecule has 1 N–H and O–H groups in total. The maximum atomic E-state index is 5.53. The number of hydrogen-bond donors (Lipinski definition) is 1. The van der Waals surface area contributed by atoms with Gasteiger partial charge in [0.25, 0.3) is 0 Å².